The van der Waals surface area contributed by atoms with Crippen molar-refractivity contribution in [3.63, 3.8) is 0 Å². The number of aliphatic hydroxyl groups is 1. The second kappa shape index (κ2) is 8.88. The summed E-state index contributed by atoms with van der Waals surface area (Å²) >= 11 is 0. The van der Waals surface area contributed by atoms with Crippen LogP contribution >= 0.6 is 0 Å². The number of ether oxygens (including phenoxy) is 1. The molecule has 0 aliphatic rings. The Kier molecular flexibility index (Phi) is 6.57. The summed E-state index contributed by atoms with van der Waals surface area (Å²) in [6.45, 7) is 2.61. The van der Waals surface area contributed by atoms with Gasteiger partial charge in [0.2, 0.25) is 0 Å². The Morgan fingerprint density at radius 3 is 2.50 bits per heavy atom. The van der Waals surface area contributed by atoms with E-state index in [9.17, 15) is 9.18 Å². The van der Waals surface area contributed by atoms with Crippen molar-refractivity contribution in [3.05, 3.63) is 59.4 Å². The van der Waals surface area contributed by atoms with Crippen LogP contribution in [0.15, 0.2) is 42.5 Å². The van der Waals surface area contributed by atoms with Gasteiger partial charge < -0.3 is 20.5 Å². The van der Waals surface area contributed by atoms with Crippen LogP contribution in [-0.2, 0) is 13.0 Å². The summed E-state index contributed by atoms with van der Waals surface area (Å²) in [5, 5.41) is 14.3. The molecule has 6 heteroatoms. The fourth-order valence-electron chi connectivity index (χ4n) is 2.16. The molecule has 0 aliphatic carbocycles. The van der Waals surface area contributed by atoms with E-state index in [0.717, 1.165) is 11.1 Å². The van der Waals surface area contributed by atoms with Crippen molar-refractivity contribution in [1.82, 2.24) is 5.32 Å². The molecule has 0 saturated heterocycles. The maximum atomic E-state index is 13.7. The van der Waals surface area contributed by atoms with E-state index in [1.54, 1.807) is 13.0 Å². The zero-order valence-electron chi connectivity index (χ0n) is 13.5. The summed E-state index contributed by atoms with van der Waals surface area (Å²) in [5.41, 5.74) is 2.27. The minimum absolute atomic E-state index is 0.0135. The maximum absolute atomic E-state index is 13.7. The van der Waals surface area contributed by atoms with Gasteiger partial charge in [-0.15, -0.1) is 0 Å². The van der Waals surface area contributed by atoms with Crippen LogP contribution in [0.25, 0.3) is 0 Å². The zero-order chi connectivity index (χ0) is 17.4. The summed E-state index contributed by atoms with van der Waals surface area (Å²) in [5.74, 6) is -0.353. The van der Waals surface area contributed by atoms with Gasteiger partial charge in [0.25, 0.3) is 0 Å². The first-order valence-electron chi connectivity index (χ1n) is 7.78. The van der Waals surface area contributed by atoms with Crippen LogP contribution in [0, 0.1) is 5.82 Å². The Labute approximate surface area is 140 Å². The zero-order valence-corrected chi connectivity index (χ0v) is 13.5. The fraction of sp³-hybridized carbons (Fsp3) is 0.278. The number of nitrogens with one attached hydrogen (secondary N) is 2. The monoisotopic (exact) mass is 332 g/mol. The third-order valence-corrected chi connectivity index (χ3v) is 3.39. The van der Waals surface area contributed by atoms with E-state index in [1.807, 2.05) is 24.3 Å². The number of carbonyl (C=O) groups is 1. The number of carbonyl (C=O) groups excluding carboxylic acids is 1. The average molecular weight is 332 g/mol. The van der Waals surface area contributed by atoms with Crippen LogP contribution < -0.4 is 15.4 Å². The molecule has 0 radical (unpaired) electrons. The van der Waals surface area contributed by atoms with E-state index in [4.69, 9.17) is 9.84 Å². The normalized spacial score (nSPS) is 10.3. The first-order valence-corrected chi connectivity index (χ1v) is 7.78. The Bertz CT molecular complexity index is 674. The molecule has 0 saturated carbocycles. The number of aliphatic hydroxyl groups excluding tert-OH is 1. The third-order valence-electron chi connectivity index (χ3n) is 3.39. The average Bonchev–Trinajstić information content (AvgIpc) is 2.58. The van der Waals surface area contributed by atoms with Gasteiger partial charge in [0.1, 0.15) is 0 Å². The molecule has 3 N–H and O–H groups in total. The highest BCUT2D eigenvalue weighted by molar-refractivity contribution is 5.89. The van der Waals surface area contributed by atoms with Crippen molar-refractivity contribution in [2.75, 3.05) is 18.5 Å². The molecule has 24 heavy (non-hydrogen) atoms. The van der Waals surface area contributed by atoms with Gasteiger partial charge in [0.05, 0.1) is 13.2 Å². The molecule has 0 spiro atoms. The van der Waals surface area contributed by atoms with E-state index < -0.39 is 11.8 Å². The SMILES string of the molecule is CCOc1ccc(NC(=O)NCCc2ccc(CO)cc2)cc1F. The van der Waals surface area contributed by atoms with Crippen LogP contribution in [0.3, 0.4) is 0 Å². The van der Waals surface area contributed by atoms with Gasteiger partial charge in [-0.1, -0.05) is 24.3 Å². The number of hydrogen-bond acceptors (Lipinski definition) is 3. The van der Waals surface area contributed by atoms with Gasteiger partial charge in [-0.05, 0) is 36.6 Å². The number of anilines is 1. The standard InChI is InChI=1S/C18H21FN2O3/c1-2-24-17-8-7-15(11-16(17)19)21-18(23)20-10-9-13-3-5-14(12-22)6-4-13/h3-8,11,22H,2,9-10,12H2,1H3,(H2,20,21,23). The molecule has 0 aromatic heterocycles. The molecule has 5 nitrogen and oxygen atoms in total. The van der Waals surface area contributed by atoms with E-state index in [0.29, 0.717) is 25.3 Å². The van der Waals surface area contributed by atoms with Crippen LogP contribution in [0.1, 0.15) is 18.1 Å². The smallest absolute Gasteiger partial charge is 0.319 e. The molecule has 2 rings (SSSR count). The van der Waals surface area contributed by atoms with Gasteiger partial charge in [0.15, 0.2) is 11.6 Å². The van der Waals surface area contributed by atoms with E-state index >= 15 is 0 Å². The minimum Gasteiger partial charge on any atom is -0.491 e. The van der Waals surface area contributed by atoms with Crippen LogP contribution in [0.5, 0.6) is 5.75 Å². The van der Waals surface area contributed by atoms with Crippen molar-refractivity contribution < 1.29 is 19.0 Å². The highest BCUT2D eigenvalue weighted by atomic mass is 19.1. The topological polar surface area (TPSA) is 70.6 Å². The summed E-state index contributed by atoms with van der Waals surface area (Å²) in [6.07, 6.45) is 0.663. The second-order valence-corrected chi connectivity index (χ2v) is 5.18. The summed E-state index contributed by atoms with van der Waals surface area (Å²) in [4.78, 5) is 11.8. The lowest BCUT2D eigenvalue weighted by Gasteiger charge is -2.10. The molecular weight excluding hydrogens is 311 g/mol. The van der Waals surface area contributed by atoms with Gasteiger partial charge >= 0.3 is 6.03 Å². The van der Waals surface area contributed by atoms with Gasteiger partial charge in [-0.2, -0.15) is 0 Å². The number of halogens is 1. The summed E-state index contributed by atoms with van der Waals surface area (Å²) in [6, 6.07) is 11.4. The van der Waals surface area contributed by atoms with Crippen LogP contribution in [0.4, 0.5) is 14.9 Å². The van der Waals surface area contributed by atoms with E-state index in [2.05, 4.69) is 10.6 Å². The number of rotatable bonds is 7. The van der Waals surface area contributed by atoms with Crippen molar-refractivity contribution in [1.29, 1.82) is 0 Å². The molecule has 0 fully saturated rings. The maximum Gasteiger partial charge on any atom is 0.319 e. The number of urea groups is 1. The summed E-state index contributed by atoms with van der Waals surface area (Å²) in [7, 11) is 0. The predicted octanol–water partition coefficient (Wildman–Crippen LogP) is 3.08. The lowest BCUT2D eigenvalue weighted by atomic mass is 10.1. The highest BCUT2D eigenvalue weighted by Crippen LogP contribution is 2.21. The molecule has 0 unspecified atom stereocenters. The van der Waals surface area contributed by atoms with Crippen LogP contribution in [0.2, 0.25) is 0 Å². The Morgan fingerprint density at radius 1 is 1.17 bits per heavy atom. The van der Waals surface area contributed by atoms with Crippen molar-refractivity contribution >= 4 is 11.7 Å². The predicted molar refractivity (Wildman–Crippen MR) is 90.7 cm³/mol. The lowest BCUT2D eigenvalue weighted by molar-refractivity contribution is 0.252. The minimum atomic E-state index is -0.515. The first kappa shape index (κ1) is 17.7. The third kappa shape index (κ3) is 5.24. The number of hydrogen-bond donors (Lipinski definition) is 3. The lowest BCUT2D eigenvalue weighted by Crippen LogP contribution is -2.30. The van der Waals surface area contributed by atoms with Crippen LogP contribution in [-0.4, -0.2) is 24.3 Å². The Balaban J connectivity index is 1.79. The molecule has 0 aliphatic heterocycles. The Morgan fingerprint density at radius 2 is 1.88 bits per heavy atom. The molecule has 0 heterocycles. The quantitative estimate of drug-likeness (QED) is 0.730. The van der Waals surface area contributed by atoms with Crippen molar-refractivity contribution in [3.8, 4) is 5.75 Å². The molecule has 2 aromatic rings. The fourth-order valence-corrected chi connectivity index (χ4v) is 2.16. The van der Waals surface area contributed by atoms with Gasteiger partial charge in [-0.3, -0.25) is 0 Å². The molecule has 0 bridgehead atoms. The van der Waals surface area contributed by atoms with E-state index in [1.165, 1.54) is 12.1 Å². The van der Waals surface area contributed by atoms with Crippen molar-refractivity contribution in [2.45, 2.75) is 20.0 Å². The van der Waals surface area contributed by atoms with Gasteiger partial charge in [0, 0.05) is 18.3 Å². The number of benzene rings is 2. The summed E-state index contributed by atoms with van der Waals surface area (Å²) < 4.78 is 18.8. The molecule has 128 valence electrons. The largest absolute Gasteiger partial charge is 0.491 e. The van der Waals surface area contributed by atoms with Gasteiger partial charge in [-0.25, -0.2) is 9.18 Å². The second-order valence-electron chi connectivity index (χ2n) is 5.18. The highest BCUT2D eigenvalue weighted by Gasteiger charge is 2.07. The molecule has 2 aromatic carbocycles. The van der Waals surface area contributed by atoms with Crippen molar-refractivity contribution in [2.24, 2.45) is 0 Å². The number of amides is 2. The first-order chi connectivity index (χ1) is 11.6. The molecule has 2 amide bonds. The van der Waals surface area contributed by atoms with E-state index in [-0.39, 0.29) is 12.4 Å². The molecular formula is C18H21FN2O3. The Hall–Kier alpha value is -2.60. The molecule has 0 atom stereocenters.